The Balaban J connectivity index is 2.14. The second kappa shape index (κ2) is 10.8. The van der Waals surface area contributed by atoms with Crippen LogP contribution in [0.25, 0.3) is 0 Å². The lowest BCUT2D eigenvalue weighted by Gasteiger charge is -2.06. The van der Waals surface area contributed by atoms with Crippen molar-refractivity contribution in [3.05, 3.63) is 29.8 Å². The van der Waals surface area contributed by atoms with Crippen LogP contribution in [0.2, 0.25) is 0 Å². The fraction of sp³-hybridized carbons (Fsp3) is 0.529. The van der Waals surface area contributed by atoms with Gasteiger partial charge in [0.1, 0.15) is 0 Å². The third-order valence-electron chi connectivity index (χ3n) is 3.43. The molecule has 0 radical (unpaired) electrons. The summed E-state index contributed by atoms with van der Waals surface area (Å²) < 4.78 is 4.57. The standard InChI is InChI=1S/C17H26N2O3/c1-22-17(21)7-5-3-2-4-6-16(20)19-15-10-8-14(9-11-15)12-13-18/h8-11H,2-7,12-13,18H2,1H3,(H,19,20). The smallest absolute Gasteiger partial charge is 0.305 e. The van der Waals surface area contributed by atoms with E-state index in [0.717, 1.165) is 37.8 Å². The molecule has 5 nitrogen and oxygen atoms in total. The Morgan fingerprint density at radius 3 is 2.27 bits per heavy atom. The highest BCUT2D eigenvalue weighted by Gasteiger charge is 2.03. The molecule has 0 aliphatic carbocycles. The predicted octanol–water partition coefficient (Wildman–Crippen LogP) is 2.64. The lowest BCUT2D eigenvalue weighted by molar-refractivity contribution is -0.140. The number of hydrogen-bond acceptors (Lipinski definition) is 4. The van der Waals surface area contributed by atoms with Crippen molar-refractivity contribution in [1.82, 2.24) is 0 Å². The lowest BCUT2D eigenvalue weighted by Crippen LogP contribution is -2.11. The Kier molecular flexibility index (Phi) is 8.91. The molecule has 0 aliphatic heterocycles. The van der Waals surface area contributed by atoms with E-state index in [4.69, 9.17) is 5.73 Å². The second-order valence-electron chi connectivity index (χ2n) is 5.27. The molecule has 22 heavy (non-hydrogen) atoms. The average Bonchev–Trinajstić information content (AvgIpc) is 2.52. The highest BCUT2D eigenvalue weighted by molar-refractivity contribution is 5.90. The molecule has 0 heterocycles. The highest BCUT2D eigenvalue weighted by atomic mass is 16.5. The van der Waals surface area contributed by atoms with E-state index in [1.165, 1.54) is 12.7 Å². The number of esters is 1. The number of rotatable bonds is 10. The van der Waals surface area contributed by atoms with Gasteiger partial charge in [0.15, 0.2) is 0 Å². The van der Waals surface area contributed by atoms with Crippen molar-refractivity contribution >= 4 is 17.6 Å². The van der Waals surface area contributed by atoms with Gasteiger partial charge >= 0.3 is 5.97 Å². The number of amides is 1. The van der Waals surface area contributed by atoms with Crippen LogP contribution in [0.1, 0.15) is 44.1 Å². The molecule has 0 aliphatic rings. The molecular formula is C17H26N2O3. The molecule has 0 bridgehead atoms. The van der Waals surface area contributed by atoms with Crippen molar-refractivity contribution in [2.24, 2.45) is 5.73 Å². The van der Waals surface area contributed by atoms with Gasteiger partial charge in [0.05, 0.1) is 7.11 Å². The highest BCUT2D eigenvalue weighted by Crippen LogP contribution is 2.11. The normalized spacial score (nSPS) is 10.3. The van der Waals surface area contributed by atoms with Crippen LogP contribution in [0, 0.1) is 0 Å². The summed E-state index contributed by atoms with van der Waals surface area (Å²) in [6, 6.07) is 7.77. The fourth-order valence-electron chi connectivity index (χ4n) is 2.16. The van der Waals surface area contributed by atoms with E-state index in [2.05, 4.69) is 10.1 Å². The molecule has 1 amide bonds. The van der Waals surface area contributed by atoms with Crippen LogP contribution in [0.3, 0.4) is 0 Å². The van der Waals surface area contributed by atoms with E-state index in [1.54, 1.807) is 0 Å². The quantitative estimate of drug-likeness (QED) is 0.514. The molecule has 1 aromatic carbocycles. The Bertz CT molecular complexity index is 457. The first-order valence-corrected chi connectivity index (χ1v) is 7.81. The van der Waals surface area contributed by atoms with Crippen LogP contribution in [0.4, 0.5) is 5.69 Å². The number of nitrogens with two attached hydrogens (primary N) is 1. The number of benzene rings is 1. The first kappa shape index (κ1) is 18.2. The first-order chi connectivity index (χ1) is 10.7. The van der Waals surface area contributed by atoms with Crippen molar-refractivity contribution in [1.29, 1.82) is 0 Å². The Morgan fingerprint density at radius 1 is 1.05 bits per heavy atom. The lowest BCUT2D eigenvalue weighted by atomic mass is 10.1. The van der Waals surface area contributed by atoms with Crippen LogP contribution >= 0.6 is 0 Å². The number of carbonyl (C=O) groups excluding carboxylic acids is 2. The second-order valence-corrected chi connectivity index (χ2v) is 5.27. The summed E-state index contributed by atoms with van der Waals surface area (Å²) >= 11 is 0. The minimum Gasteiger partial charge on any atom is -0.469 e. The maximum atomic E-state index is 11.8. The Labute approximate surface area is 132 Å². The molecule has 0 fully saturated rings. The van der Waals surface area contributed by atoms with Gasteiger partial charge in [-0.1, -0.05) is 25.0 Å². The van der Waals surface area contributed by atoms with Gasteiger partial charge in [-0.15, -0.1) is 0 Å². The summed E-state index contributed by atoms with van der Waals surface area (Å²) in [5.74, 6) is -0.143. The Hall–Kier alpha value is -1.88. The number of methoxy groups -OCH3 is 1. The predicted molar refractivity (Wildman–Crippen MR) is 87.5 cm³/mol. The summed E-state index contributed by atoms with van der Waals surface area (Å²) in [5.41, 5.74) is 7.49. The molecular weight excluding hydrogens is 280 g/mol. The van der Waals surface area contributed by atoms with Crippen molar-refractivity contribution in [2.45, 2.75) is 44.9 Å². The van der Waals surface area contributed by atoms with Gasteiger partial charge < -0.3 is 15.8 Å². The first-order valence-electron chi connectivity index (χ1n) is 7.81. The zero-order valence-electron chi connectivity index (χ0n) is 13.3. The van der Waals surface area contributed by atoms with E-state index in [9.17, 15) is 9.59 Å². The molecule has 5 heteroatoms. The topological polar surface area (TPSA) is 81.4 Å². The molecule has 0 saturated carbocycles. The van der Waals surface area contributed by atoms with E-state index in [-0.39, 0.29) is 11.9 Å². The van der Waals surface area contributed by atoms with Gasteiger partial charge in [0.25, 0.3) is 0 Å². The van der Waals surface area contributed by atoms with Crippen molar-refractivity contribution in [3.8, 4) is 0 Å². The third-order valence-corrected chi connectivity index (χ3v) is 3.43. The van der Waals surface area contributed by atoms with Gasteiger partial charge in [-0.3, -0.25) is 9.59 Å². The minimum atomic E-state index is -0.171. The van der Waals surface area contributed by atoms with Crippen LogP contribution in [0.5, 0.6) is 0 Å². The summed E-state index contributed by atoms with van der Waals surface area (Å²) in [5, 5.41) is 2.89. The monoisotopic (exact) mass is 306 g/mol. The summed E-state index contributed by atoms with van der Waals surface area (Å²) in [6.45, 7) is 0.627. The number of nitrogens with one attached hydrogen (secondary N) is 1. The van der Waals surface area contributed by atoms with Crippen LogP contribution < -0.4 is 11.1 Å². The van der Waals surface area contributed by atoms with Gasteiger partial charge in [0, 0.05) is 18.5 Å². The van der Waals surface area contributed by atoms with Crippen LogP contribution in [-0.2, 0) is 20.7 Å². The van der Waals surface area contributed by atoms with Gasteiger partial charge in [0.2, 0.25) is 5.91 Å². The number of ether oxygens (including phenoxy) is 1. The third kappa shape index (κ3) is 7.78. The minimum absolute atomic E-state index is 0.0274. The largest absolute Gasteiger partial charge is 0.469 e. The molecule has 0 spiro atoms. The Morgan fingerprint density at radius 2 is 1.68 bits per heavy atom. The SMILES string of the molecule is COC(=O)CCCCCCC(=O)Nc1ccc(CCN)cc1. The molecule has 1 rings (SSSR count). The molecule has 122 valence electrons. The molecule has 0 unspecified atom stereocenters. The summed E-state index contributed by atoms with van der Waals surface area (Å²) in [7, 11) is 1.40. The summed E-state index contributed by atoms with van der Waals surface area (Å²) in [4.78, 5) is 22.7. The van der Waals surface area contributed by atoms with Crippen LogP contribution in [0.15, 0.2) is 24.3 Å². The molecule has 0 atom stereocenters. The zero-order valence-corrected chi connectivity index (χ0v) is 13.3. The fourth-order valence-corrected chi connectivity index (χ4v) is 2.16. The van der Waals surface area contributed by atoms with E-state index >= 15 is 0 Å². The molecule has 0 saturated heterocycles. The number of unbranched alkanes of at least 4 members (excludes halogenated alkanes) is 3. The van der Waals surface area contributed by atoms with Crippen molar-refractivity contribution in [3.63, 3.8) is 0 Å². The molecule has 1 aromatic rings. The molecule has 0 aromatic heterocycles. The van der Waals surface area contributed by atoms with E-state index in [0.29, 0.717) is 19.4 Å². The van der Waals surface area contributed by atoms with Crippen molar-refractivity contribution < 1.29 is 14.3 Å². The average molecular weight is 306 g/mol. The van der Waals surface area contributed by atoms with E-state index in [1.807, 2.05) is 24.3 Å². The van der Waals surface area contributed by atoms with Gasteiger partial charge in [-0.25, -0.2) is 0 Å². The van der Waals surface area contributed by atoms with Crippen molar-refractivity contribution in [2.75, 3.05) is 19.0 Å². The van der Waals surface area contributed by atoms with Gasteiger partial charge in [-0.2, -0.15) is 0 Å². The molecule has 3 N–H and O–H groups in total. The van der Waals surface area contributed by atoms with Crippen LogP contribution in [-0.4, -0.2) is 25.5 Å². The number of hydrogen-bond donors (Lipinski definition) is 2. The number of anilines is 1. The zero-order chi connectivity index (χ0) is 16.2. The number of carbonyl (C=O) groups is 2. The van der Waals surface area contributed by atoms with E-state index < -0.39 is 0 Å². The maximum Gasteiger partial charge on any atom is 0.305 e. The maximum absolute atomic E-state index is 11.8. The van der Waals surface area contributed by atoms with Gasteiger partial charge in [-0.05, 0) is 43.5 Å². The summed E-state index contributed by atoms with van der Waals surface area (Å²) in [6.07, 6.45) is 5.34.